The average molecular weight is 504 g/mol. The molecule has 1 aromatic rings. The molecule has 1 aliphatic carbocycles. The number of piperidine rings is 1. The number of hydrogen-bond donors (Lipinski definition) is 2. The molecule has 1 aromatic heterocycles. The van der Waals surface area contributed by atoms with Crippen LogP contribution in [-0.4, -0.2) is 77.0 Å². The van der Waals surface area contributed by atoms with E-state index >= 15 is 0 Å². The minimum atomic E-state index is -5.08. The van der Waals surface area contributed by atoms with E-state index in [4.69, 9.17) is 19.8 Å². The molecule has 33 heavy (non-hydrogen) atoms. The highest BCUT2D eigenvalue weighted by Gasteiger charge is 2.39. The van der Waals surface area contributed by atoms with Gasteiger partial charge in [0, 0.05) is 32.7 Å². The minimum absolute atomic E-state index is 0.950. The topological polar surface area (TPSA) is 81.1 Å². The Morgan fingerprint density at radius 3 is 1.88 bits per heavy atom. The van der Waals surface area contributed by atoms with E-state index in [1.807, 2.05) is 11.3 Å². The number of carbonyl (C=O) groups is 2. The van der Waals surface area contributed by atoms with Crippen molar-refractivity contribution in [2.24, 2.45) is 17.8 Å². The number of hydrogen-bond acceptors (Lipinski definition) is 5. The molecule has 6 nitrogen and oxygen atoms in total. The highest BCUT2D eigenvalue weighted by molar-refractivity contribution is 7.07. The Morgan fingerprint density at radius 1 is 0.909 bits per heavy atom. The zero-order valence-corrected chi connectivity index (χ0v) is 18.4. The molecule has 2 saturated heterocycles. The van der Waals surface area contributed by atoms with E-state index < -0.39 is 24.3 Å². The Hall–Kier alpha value is -1.86. The van der Waals surface area contributed by atoms with Gasteiger partial charge in [-0.3, -0.25) is 4.90 Å². The average Bonchev–Trinajstić information content (AvgIpc) is 3.19. The van der Waals surface area contributed by atoms with E-state index in [9.17, 15) is 26.3 Å². The SMILES string of the molecule is O=C(O)C(F)(F)F.O=C(O)C(F)(F)F.c1cc(CN2C[C@H]3CCN(CC4CC4)C[C@H]3C2)cs1. The molecule has 1 saturated carbocycles. The molecule has 0 bridgehead atoms. The van der Waals surface area contributed by atoms with Crippen LogP contribution in [0.2, 0.25) is 0 Å². The van der Waals surface area contributed by atoms with Crippen molar-refractivity contribution in [3.05, 3.63) is 22.4 Å². The maximum absolute atomic E-state index is 10.6. The van der Waals surface area contributed by atoms with Gasteiger partial charge in [-0.2, -0.15) is 37.7 Å². The Kier molecular flexibility index (Phi) is 9.56. The van der Waals surface area contributed by atoms with E-state index in [0.717, 1.165) is 17.8 Å². The lowest BCUT2D eigenvalue weighted by molar-refractivity contribution is -0.193. The first kappa shape index (κ1) is 27.4. The largest absolute Gasteiger partial charge is 0.490 e. The Morgan fingerprint density at radius 2 is 1.42 bits per heavy atom. The van der Waals surface area contributed by atoms with Crippen LogP contribution in [0.1, 0.15) is 24.8 Å². The summed E-state index contributed by atoms with van der Waals surface area (Å²) in [5, 5.41) is 18.8. The molecule has 3 fully saturated rings. The maximum atomic E-state index is 10.6. The normalized spacial score (nSPS) is 23.6. The van der Waals surface area contributed by atoms with Gasteiger partial charge in [-0.05, 0) is 66.0 Å². The molecule has 188 valence electrons. The molecule has 2 N–H and O–H groups in total. The summed E-state index contributed by atoms with van der Waals surface area (Å²) in [6.45, 7) is 8.00. The smallest absolute Gasteiger partial charge is 0.475 e. The molecule has 4 rings (SSSR count). The van der Waals surface area contributed by atoms with Crippen LogP contribution in [0.4, 0.5) is 26.3 Å². The van der Waals surface area contributed by atoms with E-state index in [1.54, 1.807) is 0 Å². The second-order valence-corrected chi connectivity index (χ2v) is 9.22. The second kappa shape index (κ2) is 11.5. The van der Waals surface area contributed by atoms with Gasteiger partial charge < -0.3 is 15.1 Å². The van der Waals surface area contributed by atoms with Gasteiger partial charge in [-0.15, -0.1) is 0 Å². The van der Waals surface area contributed by atoms with Crippen molar-refractivity contribution in [2.45, 2.75) is 38.2 Å². The van der Waals surface area contributed by atoms with Gasteiger partial charge in [-0.25, -0.2) is 9.59 Å². The molecule has 3 aliphatic rings. The summed E-state index contributed by atoms with van der Waals surface area (Å²) in [5.74, 6) is -2.53. The monoisotopic (exact) mass is 504 g/mol. The van der Waals surface area contributed by atoms with Crippen LogP contribution in [0.15, 0.2) is 16.8 Å². The predicted octanol–water partition coefficient (Wildman–Crippen LogP) is 4.18. The molecular weight excluding hydrogens is 478 g/mol. The summed E-state index contributed by atoms with van der Waals surface area (Å²) in [5.41, 5.74) is 1.51. The molecular formula is C20H26F6N2O4S. The number of nitrogens with zero attached hydrogens (tertiary/aromatic N) is 2. The number of thiophene rings is 1. The van der Waals surface area contributed by atoms with E-state index in [2.05, 4.69) is 26.6 Å². The van der Waals surface area contributed by atoms with Crippen molar-refractivity contribution in [1.82, 2.24) is 9.80 Å². The first-order valence-electron chi connectivity index (χ1n) is 10.3. The zero-order valence-electron chi connectivity index (χ0n) is 17.6. The van der Waals surface area contributed by atoms with Gasteiger partial charge in [0.05, 0.1) is 0 Å². The second-order valence-electron chi connectivity index (χ2n) is 8.44. The van der Waals surface area contributed by atoms with Crippen LogP contribution in [0.3, 0.4) is 0 Å². The van der Waals surface area contributed by atoms with Crippen molar-refractivity contribution in [3.63, 3.8) is 0 Å². The van der Waals surface area contributed by atoms with Gasteiger partial charge in [0.25, 0.3) is 0 Å². The number of halogens is 6. The summed E-state index contributed by atoms with van der Waals surface area (Å²) < 4.78 is 63.5. The van der Waals surface area contributed by atoms with Crippen LogP contribution >= 0.6 is 11.3 Å². The predicted molar refractivity (Wildman–Crippen MR) is 108 cm³/mol. The lowest BCUT2D eigenvalue weighted by Crippen LogP contribution is -2.40. The molecule has 0 spiro atoms. The third kappa shape index (κ3) is 9.88. The summed E-state index contributed by atoms with van der Waals surface area (Å²) in [7, 11) is 0. The van der Waals surface area contributed by atoms with E-state index in [1.165, 1.54) is 64.1 Å². The van der Waals surface area contributed by atoms with Crippen LogP contribution < -0.4 is 0 Å². The first-order chi connectivity index (χ1) is 15.3. The number of carboxylic acids is 2. The standard InChI is InChI=1S/C16H24N2S.2C2HF3O2/c1-2-13(1)7-17-5-3-15-9-18(11-16(15)10-17)8-14-4-6-19-12-14;2*3-2(4,5)1(6)7/h4,6,12-13,15-16H,1-3,5,7-11H2;2*(H,6,7)/t15-,16+;;/m1../s1. The minimum Gasteiger partial charge on any atom is -0.475 e. The molecule has 3 heterocycles. The molecule has 0 aromatic carbocycles. The van der Waals surface area contributed by atoms with Gasteiger partial charge in [0.15, 0.2) is 0 Å². The van der Waals surface area contributed by atoms with Crippen LogP contribution in [0, 0.1) is 17.8 Å². The molecule has 0 unspecified atom stereocenters. The highest BCUT2D eigenvalue weighted by Crippen LogP contribution is 2.35. The fourth-order valence-electron chi connectivity index (χ4n) is 3.94. The number of likely N-dealkylation sites (tertiary alicyclic amines) is 2. The number of alkyl halides is 6. The fraction of sp³-hybridized carbons (Fsp3) is 0.700. The van der Waals surface area contributed by atoms with Crippen molar-refractivity contribution >= 4 is 23.3 Å². The van der Waals surface area contributed by atoms with Gasteiger partial charge >= 0.3 is 24.3 Å². The van der Waals surface area contributed by atoms with E-state index in [-0.39, 0.29) is 0 Å². The Balaban J connectivity index is 0.000000230. The third-order valence-electron chi connectivity index (χ3n) is 5.65. The van der Waals surface area contributed by atoms with E-state index in [0.29, 0.717) is 0 Å². The van der Waals surface area contributed by atoms with Gasteiger partial charge in [-0.1, -0.05) is 0 Å². The Bertz CT molecular complexity index is 744. The summed E-state index contributed by atoms with van der Waals surface area (Å²) in [6, 6.07) is 2.28. The first-order valence-corrected chi connectivity index (χ1v) is 11.3. The van der Waals surface area contributed by atoms with Crippen molar-refractivity contribution in [3.8, 4) is 0 Å². The van der Waals surface area contributed by atoms with Crippen molar-refractivity contribution in [2.75, 3.05) is 32.7 Å². The number of fused-ring (bicyclic) bond motifs is 1. The van der Waals surface area contributed by atoms with Crippen molar-refractivity contribution in [1.29, 1.82) is 0 Å². The van der Waals surface area contributed by atoms with Gasteiger partial charge in [0.2, 0.25) is 0 Å². The van der Waals surface area contributed by atoms with Crippen LogP contribution in [0.25, 0.3) is 0 Å². The number of rotatable bonds is 4. The fourth-order valence-corrected chi connectivity index (χ4v) is 4.60. The maximum Gasteiger partial charge on any atom is 0.490 e. The molecule has 0 radical (unpaired) electrons. The summed E-state index contributed by atoms with van der Waals surface area (Å²) in [4.78, 5) is 23.2. The van der Waals surface area contributed by atoms with Gasteiger partial charge in [0.1, 0.15) is 0 Å². The molecule has 2 aliphatic heterocycles. The lowest BCUT2D eigenvalue weighted by Gasteiger charge is -2.34. The van der Waals surface area contributed by atoms with Crippen molar-refractivity contribution < 1.29 is 46.1 Å². The Labute approximate surface area is 190 Å². The lowest BCUT2D eigenvalue weighted by atomic mass is 9.88. The summed E-state index contributed by atoms with van der Waals surface area (Å²) >= 11 is 1.83. The third-order valence-corrected chi connectivity index (χ3v) is 6.38. The number of aliphatic carboxylic acids is 2. The van der Waals surface area contributed by atoms with Crippen LogP contribution in [0.5, 0.6) is 0 Å². The zero-order chi connectivity index (χ0) is 24.8. The molecule has 0 amide bonds. The van der Waals surface area contributed by atoms with Crippen LogP contribution in [-0.2, 0) is 16.1 Å². The molecule has 13 heteroatoms. The summed E-state index contributed by atoms with van der Waals surface area (Å²) in [6.07, 6.45) is -5.73. The number of carboxylic acid groups (broad SMARTS) is 2. The highest BCUT2D eigenvalue weighted by atomic mass is 32.1. The quantitative estimate of drug-likeness (QED) is 0.599. The molecule has 2 atom stereocenters.